The van der Waals surface area contributed by atoms with Gasteiger partial charge in [-0.05, 0) is 6.07 Å². The van der Waals surface area contributed by atoms with Gasteiger partial charge in [0.2, 0.25) is 0 Å². The van der Waals surface area contributed by atoms with Crippen LogP contribution in [0.3, 0.4) is 0 Å². The topological polar surface area (TPSA) is 73.1 Å². The normalized spacial score (nSPS) is 9.79. The number of aromatic nitrogens is 2. The molecule has 0 saturated carbocycles. The molecule has 0 spiro atoms. The number of hydrogen-bond acceptors (Lipinski definition) is 5. The first-order valence-corrected chi connectivity index (χ1v) is 4.51. The first-order chi connectivity index (χ1) is 6.75. The molecule has 0 unspecified atom stereocenters. The number of nitrogens with zero attached hydrogens (tertiary/aromatic N) is 2. The number of hydrogen-bond donors (Lipinski definition) is 2. The summed E-state index contributed by atoms with van der Waals surface area (Å²) in [7, 11) is 1.63. The van der Waals surface area contributed by atoms with Gasteiger partial charge in [0.1, 0.15) is 4.99 Å². The molecule has 0 fully saturated rings. The Hall–Kier alpha value is -1.27. The van der Waals surface area contributed by atoms with Crippen LogP contribution in [0.1, 0.15) is 5.56 Å². The van der Waals surface area contributed by atoms with Gasteiger partial charge in [-0.15, -0.1) is 5.10 Å². The standard InChI is InChI=1S/C8H12N4OS/c1-13-5-4-10-8-6(7(9)14)2-3-11-12-8/h2-3H,4-5H2,1H3,(H2,9,14)(H,10,12). The van der Waals surface area contributed by atoms with Crippen LogP contribution in [-0.2, 0) is 4.74 Å². The molecule has 3 N–H and O–H groups in total. The van der Waals surface area contributed by atoms with E-state index in [1.807, 2.05) is 0 Å². The summed E-state index contributed by atoms with van der Waals surface area (Å²) in [4.78, 5) is 0.305. The maximum atomic E-state index is 5.51. The lowest BCUT2D eigenvalue weighted by atomic mass is 10.3. The van der Waals surface area contributed by atoms with Gasteiger partial charge in [0.25, 0.3) is 0 Å². The summed E-state index contributed by atoms with van der Waals surface area (Å²) < 4.78 is 4.89. The van der Waals surface area contributed by atoms with Crippen molar-refractivity contribution >= 4 is 23.0 Å². The zero-order valence-corrected chi connectivity index (χ0v) is 8.67. The Balaban J connectivity index is 2.69. The van der Waals surface area contributed by atoms with E-state index in [1.54, 1.807) is 19.4 Å². The zero-order valence-electron chi connectivity index (χ0n) is 7.86. The van der Waals surface area contributed by atoms with E-state index in [1.165, 1.54) is 0 Å². The van der Waals surface area contributed by atoms with Crippen LogP contribution in [0.2, 0.25) is 0 Å². The first kappa shape index (κ1) is 10.8. The average Bonchev–Trinajstić information content (AvgIpc) is 2.19. The lowest BCUT2D eigenvalue weighted by Crippen LogP contribution is -2.17. The first-order valence-electron chi connectivity index (χ1n) is 4.10. The molecule has 0 radical (unpaired) electrons. The third-order valence-corrected chi connectivity index (χ3v) is 1.80. The fourth-order valence-corrected chi connectivity index (χ4v) is 1.10. The van der Waals surface area contributed by atoms with E-state index in [0.29, 0.717) is 29.5 Å². The van der Waals surface area contributed by atoms with E-state index >= 15 is 0 Å². The summed E-state index contributed by atoms with van der Waals surface area (Å²) in [6.45, 7) is 1.23. The van der Waals surface area contributed by atoms with Crippen molar-refractivity contribution in [2.45, 2.75) is 0 Å². The highest BCUT2D eigenvalue weighted by molar-refractivity contribution is 7.80. The second-order valence-corrected chi connectivity index (χ2v) is 3.02. The highest BCUT2D eigenvalue weighted by Gasteiger charge is 2.05. The lowest BCUT2D eigenvalue weighted by molar-refractivity contribution is 0.210. The predicted octanol–water partition coefficient (Wildman–Crippen LogP) is 0.169. The third-order valence-electron chi connectivity index (χ3n) is 1.58. The molecule has 1 rings (SSSR count). The van der Waals surface area contributed by atoms with E-state index in [9.17, 15) is 0 Å². The van der Waals surface area contributed by atoms with Crippen LogP contribution >= 0.6 is 12.2 Å². The molecule has 0 bridgehead atoms. The van der Waals surface area contributed by atoms with Crippen LogP contribution in [0.15, 0.2) is 12.3 Å². The Morgan fingerprint density at radius 1 is 1.71 bits per heavy atom. The molecular formula is C8H12N4OS. The van der Waals surface area contributed by atoms with Crippen LogP contribution in [0.4, 0.5) is 5.82 Å². The molecule has 0 aliphatic rings. The highest BCUT2D eigenvalue weighted by atomic mass is 32.1. The molecule has 0 aliphatic heterocycles. The largest absolute Gasteiger partial charge is 0.389 e. The van der Waals surface area contributed by atoms with Gasteiger partial charge in [0, 0.05) is 13.7 Å². The molecular weight excluding hydrogens is 200 g/mol. The van der Waals surface area contributed by atoms with Gasteiger partial charge in [-0.2, -0.15) is 5.10 Å². The van der Waals surface area contributed by atoms with E-state index in [-0.39, 0.29) is 0 Å². The van der Waals surface area contributed by atoms with Crippen molar-refractivity contribution in [3.63, 3.8) is 0 Å². The van der Waals surface area contributed by atoms with Gasteiger partial charge in [0.15, 0.2) is 5.82 Å². The monoisotopic (exact) mass is 212 g/mol. The molecule has 0 aliphatic carbocycles. The molecule has 14 heavy (non-hydrogen) atoms. The van der Waals surface area contributed by atoms with Gasteiger partial charge in [-0.1, -0.05) is 12.2 Å². The molecule has 1 aromatic heterocycles. The van der Waals surface area contributed by atoms with Crippen molar-refractivity contribution < 1.29 is 4.74 Å². The van der Waals surface area contributed by atoms with E-state index in [4.69, 9.17) is 22.7 Å². The lowest BCUT2D eigenvalue weighted by Gasteiger charge is -2.07. The van der Waals surface area contributed by atoms with Gasteiger partial charge < -0.3 is 15.8 Å². The Morgan fingerprint density at radius 3 is 3.14 bits per heavy atom. The summed E-state index contributed by atoms with van der Waals surface area (Å²) in [6.07, 6.45) is 1.55. The summed E-state index contributed by atoms with van der Waals surface area (Å²) in [5, 5.41) is 10.7. The zero-order chi connectivity index (χ0) is 10.4. The van der Waals surface area contributed by atoms with Crippen LogP contribution in [0, 0.1) is 0 Å². The Labute approximate surface area is 87.7 Å². The van der Waals surface area contributed by atoms with Crippen molar-refractivity contribution in [2.24, 2.45) is 5.73 Å². The molecule has 5 nitrogen and oxygen atoms in total. The smallest absolute Gasteiger partial charge is 0.159 e. The fraction of sp³-hybridized carbons (Fsp3) is 0.375. The predicted molar refractivity (Wildman–Crippen MR) is 58.3 cm³/mol. The molecule has 0 atom stereocenters. The van der Waals surface area contributed by atoms with Crippen LogP contribution in [0.25, 0.3) is 0 Å². The minimum atomic E-state index is 0.305. The number of rotatable bonds is 5. The van der Waals surface area contributed by atoms with Gasteiger partial charge in [-0.25, -0.2) is 0 Å². The van der Waals surface area contributed by atoms with E-state index in [0.717, 1.165) is 0 Å². The van der Waals surface area contributed by atoms with Crippen molar-refractivity contribution in [3.05, 3.63) is 17.8 Å². The molecule has 76 valence electrons. The van der Waals surface area contributed by atoms with Crippen LogP contribution < -0.4 is 11.1 Å². The summed E-state index contributed by atoms with van der Waals surface area (Å²) in [5.41, 5.74) is 6.21. The van der Waals surface area contributed by atoms with Gasteiger partial charge in [-0.3, -0.25) is 0 Å². The van der Waals surface area contributed by atoms with Crippen molar-refractivity contribution in [3.8, 4) is 0 Å². The molecule has 1 aromatic rings. The number of methoxy groups -OCH3 is 1. The number of nitrogens with one attached hydrogen (secondary N) is 1. The number of ether oxygens (including phenoxy) is 1. The minimum absolute atomic E-state index is 0.305. The Kier molecular flexibility index (Phi) is 4.21. The number of thiocarbonyl (C=S) groups is 1. The Bertz CT molecular complexity index is 318. The molecule has 1 heterocycles. The van der Waals surface area contributed by atoms with Gasteiger partial charge >= 0.3 is 0 Å². The number of nitrogens with two attached hydrogens (primary N) is 1. The van der Waals surface area contributed by atoms with Crippen LogP contribution in [-0.4, -0.2) is 35.4 Å². The maximum Gasteiger partial charge on any atom is 0.159 e. The minimum Gasteiger partial charge on any atom is -0.389 e. The molecule has 0 saturated heterocycles. The summed E-state index contributed by atoms with van der Waals surface area (Å²) in [6, 6.07) is 1.73. The van der Waals surface area contributed by atoms with E-state index < -0.39 is 0 Å². The van der Waals surface area contributed by atoms with Crippen molar-refractivity contribution in [1.29, 1.82) is 0 Å². The van der Waals surface area contributed by atoms with E-state index in [2.05, 4.69) is 15.5 Å². The van der Waals surface area contributed by atoms with Gasteiger partial charge in [0.05, 0.1) is 18.4 Å². The summed E-state index contributed by atoms with van der Waals surface area (Å²) in [5.74, 6) is 0.594. The molecule has 0 amide bonds. The maximum absolute atomic E-state index is 5.51. The second kappa shape index (κ2) is 5.46. The second-order valence-electron chi connectivity index (χ2n) is 2.58. The van der Waals surface area contributed by atoms with Crippen LogP contribution in [0.5, 0.6) is 0 Å². The van der Waals surface area contributed by atoms with Crippen molar-refractivity contribution in [2.75, 3.05) is 25.6 Å². The van der Waals surface area contributed by atoms with Crippen molar-refractivity contribution in [1.82, 2.24) is 10.2 Å². The Morgan fingerprint density at radius 2 is 2.50 bits per heavy atom. The fourth-order valence-electron chi connectivity index (χ4n) is 0.933. The highest BCUT2D eigenvalue weighted by Crippen LogP contribution is 2.08. The average molecular weight is 212 g/mol. The number of anilines is 1. The molecule has 0 aromatic carbocycles. The summed E-state index contributed by atoms with van der Waals surface area (Å²) >= 11 is 4.87. The SMILES string of the molecule is COCCNc1nnccc1C(N)=S. The quantitative estimate of drug-likeness (QED) is 0.535. The molecule has 6 heteroatoms. The third kappa shape index (κ3) is 2.90.